The minimum absolute atomic E-state index is 0. The first kappa shape index (κ1) is 20.8. The third kappa shape index (κ3) is 3.52. The minimum Gasteiger partial charge on any atom is -0.296 e. The molecule has 4 aromatic carbocycles. The van der Waals surface area contributed by atoms with E-state index in [-0.39, 0.29) is 20.1 Å². The van der Waals surface area contributed by atoms with Crippen LogP contribution in [0.1, 0.15) is 0 Å². The second-order valence-electron chi connectivity index (χ2n) is 7.45. The van der Waals surface area contributed by atoms with Crippen LogP contribution in [0.3, 0.4) is 0 Å². The molecule has 0 saturated carbocycles. The van der Waals surface area contributed by atoms with Crippen LogP contribution in [-0.4, -0.2) is 4.98 Å². The van der Waals surface area contributed by atoms with Crippen LogP contribution in [0.2, 0.25) is 0 Å². The van der Waals surface area contributed by atoms with E-state index in [1.807, 2.05) is 12.1 Å². The molecule has 0 atom stereocenters. The molecule has 0 bridgehead atoms. The summed E-state index contributed by atoms with van der Waals surface area (Å²) in [6.07, 6.45) is 0. The monoisotopic (exact) mass is 703 g/mol. The summed E-state index contributed by atoms with van der Waals surface area (Å²) in [4.78, 5) is 5.01. The summed E-state index contributed by atoms with van der Waals surface area (Å²) in [6.45, 7) is 0. The molecule has 1 radical (unpaired) electrons. The number of halogens is 2. The van der Waals surface area contributed by atoms with Gasteiger partial charge in [0, 0.05) is 34.4 Å². The molecule has 1 aromatic heterocycles. The Morgan fingerprint density at radius 1 is 0.645 bits per heavy atom. The Labute approximate surface area is 211 Å². The van der Waals surface area contributed by atoms with E-state index in [4.69, 9.17) is 4.98 Å². The Morgan fingerprint density at radius 2 is 1.35 bits per heavy atom. The maximum absolute atomic E-state index is 5.01. The molecule has 6 rings (SSSR count). The molecule has 0 unspecified atom stereocenters. The molecule has 31 heavy (non-hydrogen) atoms. The largest absolute Gasteiger partial charge is 0.296 e. The molecule has 0 aliphatic heterocycles. The molecule has 0 fully saturated rings. The number of pyridine rings is 1. The first-order valence-corrected chi connectivity index (χ1v) is 11.3. The van der Waals surface area contributed by atoms with Gasteiger partial charge in [0.2, 0.25) is 0 Å². The van der Waals surface area contributed by atoms with Gasteiger partial charge in [-0.2, -0.15) is 0 Å². The van der Waals surface area contributed by atoms with Crippen LogP contribution in [-0.2, 0) is 20.1 Å². The summed E-state index contributed by atoms with van der Waals surface area (Å²) >= 11 is 7.18. The minimum atomic E-state index is 0. The van der Waals surface area contributed by atoms with Gasteiger partial charge in [-0.05, 0) is 57.8 Å². The van der Waals surface area contributed by atoms with Crippen LogP contribution in [0.4, 0.5) is 0 Å². The van der Waals surface area contributed by atoms with Crippen molar-refractivity contribution in [2.24, 2.45) is 0 Å². The Balaban J connectivity index is 0.00000204. The van der Waals surface area contributed by atoms with E-state index >= 15 is 0 Å². The van der Waals surface area contributed by atoms with Crippen LogP contribution < -0.4 is 0 Å². The average molecular weight is 704 g/mol. The van der Waals surface area contributed by atoms with E-state index in [0.717, 1.165) is 36.8 Å². The molecular formula is C27H14Br2IrN-. The van der Waals surface area contributed by atoms with Crippen molar-refractivity contribution in [3.05, 3.63) is 99.9 Å². The topological polar surface area (TPSA) is 12.9 Å². The quantitative estimate of drug-likeness (QED) is 0.165. The summed E-state index contributed by atoms with van der Waals surface area (Å²) in [7, 11) is 0. The third-order valence-corrected chi connectivity index (χ3v) is 6.53. The van der Waals surface area contributed by atoms with Gasteiger partial charge in [-0.25, -0.2) is 0 Å². The van der Waals surface area contributed by atoms with E-state index in [1.165, 1.54) is 27.6 Å². The predicted molar refractivity (Wildman–Crippen MR) is 131 cm³/mol. The molecule has 0 N–H and O–H groups in total. The number of rotatable bonds is 2. The standard InChI is InChI=1S/C27H14Br2N.Ir/c28-19-12-18(13-20(29)14-19)16-5-3-6-17(11-16)26-15-24-22-8-2-1-7-21(22)23-9-4-10-25(30-26)27(23)24;/h1-5,7-15H;/q-1;. The zero-order valence-corrected chi connectivity index (χ0v) is 21.7. The van der Waals surface area contributed by atoms with Gasteiger partial charge in [0.15, 0.2) is 0 Å². The van der Waals surface area contributed by atoms with E-state index in [0.29, 0.717) is 0 Å². The molecule has 151 valence electrons. The fraction of sp³-hybridized carbons (Fsp3) is 0. The van der Waals surface area contributed by atoms with Crippen molar-refractivity contribution in [1.82, 2.24) is 4.98 Å². The van der Waals surface area contributed by atoms with Crippen molar-refractivity contribution in [3.63, 3.8) is 0 Å². The number of hydrogen-bond acceptors (Lipinski definition) is 1. The maximum Gasteiger partial charge on any atom is 0.0607 e. The van der Waals surface area contributed by atoms with Gasteiger partial charge in [-0.3, -0.25) is 4.98 Å². The molecule has 1 aliphatic rings. The molecule has 0 amide bonds. The number of aromatic nitrogens is 1. The Hall–Kier alpha value is -2.10. The van der Waals surface area contributed by atoms with Crippen molar-refractivity contribution in [2.75, 3.05) is 0 Å². The smallest absolute Gasteiger partial charge is 0.0607 e. The first-order valence-electron chi connectivity index (χ1n) is 9.69. The van der Waals surface area contributed by atoms with Gasteiger partial charge in [-0.15, -0.1) is 35.4 Å². The van der Waals surface area contributed by atoms with E-state index in [1.54, 1.807) is 0 Å². The number of nitrogens with zero attached hydrogens (tertiary/aromatic N) is 1. The van der Waals surface area contributed by atoms with Gasteiger partial charge in [0.25, 0.3) is 0 Å². The number of benzene rings is 4. The average Bonchev–Trinajstić information content (AvgIpc) is 3.09. The molecule has 4 heteroatoms. The summed E-state index contributed by atoms with van der Waals surface area (Å²) < 4.78 is 2.09. The Morgan fingerprint density at radius 3 is 2.13 bits per heavy atom. The SMILES string of the molecule is Brc1cc(Br)cc(-c2cc[c-]c(-c3cc4c5c(cccc5n3)-c3ccccc3-4)c2)c1.[Ir]. The molecule has 5 aromatic rings. The summed E-state index contributed by atoms with van der Waals surface area (Å²) in [5, 5.41) is 1.24. The number of fused-ring (bicyclic) bond motifs is 3. The van der Waals surface area contributed by atoms with Crippen molar-refractivity contribution in [2.45, 2.75) is 0 Å². The van der Waals surface area contributed by atoms with Crippen LogP contribution in [0.25, 0.3) is 55.5 Å². The molecule has 0 saturated heterocycles. The fourth-order valence-electron chi connectivity index (χ4n) is 4.33. The van der Waals surface area contributed by atoms with Crippen molar-refractivity contribution in [1.29, 1.82) is 0 Å². The number of hydrogen-bond donors (Lipinski definition) is 0. The van der Waals surface area contributed by atoms with Gasteiger partial charge < -0.3 is 0 Å². The molecule has 1 nitrogen and oxygen atoms in total. The van der Waals surface area contributed by atoms with E-state index in [9.17, 15) is 0 Å². The first-order chi connectivity index (χ1) is 14.7. The van der Waals surface area contributed by atoms with Crippen LogP contribution in [0.5, 0.6) is 0 Å². The summed E-state index contributed by atoms with van der Waals surface area (Å²) in [5.41, 5.74) is 10.3. The van der Waals surface area contributed by atoms with Crippen LogP contribution in [0.15, 0.2) is 93.9 Å². The molecule has 0 spiro atoms. The van der Waals surface area contributed by atoms with Crippen LogP contribution >= 0.6 is 31.9 Å². The molecule has 1 heterocycles. The zero-order valence-electron chi connectivity index (χ0n) is 16.1. The Kier molecular flexibility index (Phi) is 5.44. The van der Waals surface area contributed by atoms with Gasteiger partial charge in [0.1, 0.15) is 0 Å². The second-order valence-corrected chi connectivity index (χ2v) is 9.28. The third-order valence-electron chi connectivity index (χ3n) is 5.61. The Bertz CT molecular complexity index is 1460. The normalized spacial score (nSPS) is 11.3. The fourth-order valence-corrected chi connectivity index (χ4v) is 5.62. The van der Waals surface area contributed by atoms with Crippen molar-refractivity contribution >= 4 is 42.8 Å². The van der Waals surface area contributed by atoms with E-state index in [2.05, 4.69) is 111 Å². The van der Waals surface area contributed by atoms with E-state index < -0.39 is 0 Å². The van der Waals surface area contributed by atoms with Crippen LogP contribution in [0, 0.1) is 6.07 Å². The maximum atomic E-state index is 5.01. The van der Waals surface area contributed by atoms with Gasteiger partial charge in [0.05, 0.1) is 5.52 Å². The second kappa shape index (κ2) is 8.11. The molecular weight excluding hydrogens is 690 g/mol. The van der Waals surface area contributed by atoms with Gasteiger partial charge in [-0.1, -0.05) is 74.3 Å². The molecule has 1 aliphatic carbocycles. The van der Waals surface area contributed by atoms with Crippen molar-refractivity contribution < 1.29 is 20.1 Å². The summed E-state index contributed by atoms with van der Waals surface area (Å²) in [6, 6.07) is 33.1. The predicted octanol–water partition coefficient (Wildman–Crippen LogP) is 8.54. The zero-order chi connectivity index (χ0) is 20.2. The summed E-state index contributed by atoms with van der Waals surface area (Å²) in [5.74, 6) is 0. The van der Waals surface area contributed by atoms with Gasteiger partial charge >= 0.3 is 0 Å². The van der Waals surface area contributed by atoms with Crippen molar-refractivity contribution in [3.8, 4) is 44.6 Å².